The summed E-state index contributed by atoms with van der Waals surface area (Å²) in [6.45, 7) is 2.28. The first-order chi connectivity index (χ1) is 26.1. The Hall–Kier alpha value is -6.71. The summed E-state index contributed by atoms with van der Waals surface area (Å²) >= 11 is 0. The lowest BCUT2D eigenvalue weighted by molar-refractivity contribution is 0.201. The predicted octanol–water partition coefficient (Wildman–Crippen LogP) is 10.6. The molecule has 8 rings (SSSR count). The number of rotatable bonds is 8. The number of nitriles is 1. The van der Waals surface area contributed by atoms with E-state index in [0.29, 0.717) is 23.0 Å². The van der Waals surface area contributed by atoms with Crippen LogP contribution in [0, 0.1) is 17.2 Å². The van der Waals surface area contributed by atoms with E-state index < -0.39 is 0 Å². The summed E-state index contributed by atoms with van der Waals surface area (Å²) in [5.41, 5.74) is 9.15. The molecule has 6 nitrogen and oxygen atoms in total. The van der Waals surface area contributed by atoms with E-state index >= 15 is 0 Å². The Morgan fingerprint density at radius 3 is 1.58 bits per heavy atom. The minimum atomic E-state index is 0.0148. The fourth-order valence-corrected chi connectivity index (χ4v) is 7.49. The van der Waals surface area contributed by atoms with Gasteiger partial charge in [0.05, 0.1) is 23.7 Å². The standard InChI is InChI=1S/C47H38N6/c1-3-39-42(34-15-7-4-8-16-34)49-47(38-19-11-6-12-20-38)53(2)43(39)41-22-14-13-21-40(41)33-27-29-37(30-28-33)46-51-44(35-17-9-5-10-18-35)50-45(52-46)36-25-23-32(31-48)24-26-36/h4-30,39,42-43H,3H2,1-2H3. The average Bonchev–Trinajstić information content (AvgIpc) is 3.24. The van der Waals surface area contributed by atoms with Gasteiger partial charge < -0.3 is 4.90 Å². The zero-order valence-electron chi connectivity index (χ0n) is 29.7. The molecule has 1 aliphatic rings. The van der Waals surface area contributed by atoms with E-state index in [1.165, 1.54) is 16.7 Å². The van der Waals surface area contributed by atoms with Gasteiger partial charge in [0.1, 0.15) is 5.84 Å². The molecule has 3 unspecified atom stereocenters. The van der Waals surface area contributed by atoms with Crippen molar-refractivity contribution >= 4 is 5.84 Å². The summed E-state index contributed by atoms with van der Waals surface area (Å²) < 4.78 is 0. The fraction of sp³-hybridized carbons (Fsp3) is 0.128. The summed E-state index contributed by atoms with van der Waals surface area (Å²) in [5.74, 6) is 2.99. The minimum Gasteiger partial charge on any atom is -0.352 e. The number of aliphatic imine (C=N–C) groups is 1. The van der Waals surface area contributed by atoms with E-state index in [4.69, 9.17) is 19.9 Å². The van der Waals surface area contributed by atoms with Gasteiger partial charge in [0.15, 0.2) is 17.5 Å². The van der Waals surface area contributed by atoms with Crippen molar-refractivity contribution in [3.8, 4) is 51.4 Å². The summed E-state index contributed by atoms with van der Waals surface area (Å²) in [5, 5.41) is 9.34. The van der Waals surface area contributed by atoms with Gasteiger partial charge in [-0.15, -0.1) is 0 Å². The van der Waals surface area contributed by atoms with Gasteiger partial charge in [-0.2, -0.15) is 5.26 Å². The number of nitrogens with zero attached hydrogens (tertiary/aromatic N) is 6. The van der Waals surface area contributed by atoms with Crippen molar-refractivity contribution < 1.29 is 0 Å². The van der Waals surface area contributed by atoms with Crippen molar-refractivity contribution in [2.45, 2.75) is 25.4 Å². The Labute approximate surface area is 310 Å². The lowest BCUT2D eigenvalue weighted by Crippen LogP contribution is -2.42. The van der Waals surface area contributed by atoms with Gasteiger partial charge in [0, 0.05) is 35.2 Å². The molecular weight excluding hydrogens is 649 g/mol. The van der Waals surface area contributed by atoms with Crippen LogP contribution in [0.2, 0.25) is 0 Å². The molecule has 2 heterocycles. The molecule has 0 saturated carbocycles. The molecule has 53 heavy (non-hydrogen) atoms. The maximum atomic E-state index is 9.34. The molecule has 6 heteroatoms. The second-order valence-electron chi connectivity index (χ2n) is 13.3. The van der Waals surface area contributed by atoms with Crippen LogP contribution in [0.3, 0.4) is 0 Å². The third-order valence-corrected chi connectivity index (χ3v) is 10.1. The monoisotopic (exact) mass is 686 g/mol. The van der Waals surface area contributed by atoms with Gasteiger partial charge in [0.2, 0.25) is 0 Å². The van der Waals surface area contributed by atoms with E-state index in [0.717, 1.165) is 40.1 Å². The zero-order valence-corrected chi connectivity index (χ0v) is 29.7. The Bertz CT molecular complexity index is 2400. The fourth-order valence-electron chi connectivity index (χ4n) is 7.49. The molecule has 3 atom stereocenters. The van der Waals surface area contributed by atoms with Crippen LogP contribution in [0.5, 0.6) is 0 Å². The van der Waals surface area contributed by atoms with Crippen LogP contribution in [0.15, 0.2) is 169 Å². The van der Waals surface area contributed by atoms with Crippen LogP contribution in [-0.2, 0) is 0 Å². The largest absolute Gasteiger partial charge is 0.352 e. The first kappa shape index (κ1) is 33.4. The van der Waals surface area contributed by atoms with Crippen molar-refractivity contribution in [1.29, 1.82) is 5.26 Å². The maximum Gasteiger partial charge on any atom is 0.164 e. The number of aromatic nitrogens is 3. The van der Waals surface area contributed by atoms with Crippen LogP contribution in [0.25, 0.3) is 45.3 Å². The van der Waals surface area contributed by atoms with Crippen molar-refractivity contribution in [2.75, 3.05) is 7.05 Å². The van der Waals surface area contributed by atoms with Crippen LogP contribution >= 0.6 is 0 Å². The van der Waals surface area contributed by atoms with Crippen LogP contribution < -0.4 is 0 Å². The molecule has 6 aromatic carbocycles. The van der Waals surface area contributed by atoms with Crippen molar-refractivity contribution in [3.63, 3.8) is 0 Å². The van der Waals surface area contributed by atoms with Gasteiger partial charge >= 0.3 is 0 Å². The molecule has 0 aliphatic carbocycles. The molecule has 0 radical (unpaired) electrons. The Morgan fingerprint density at radius 2 is 1.02 bits per heavy atom. The van der Waals surface area contributed by atoms with Crippen molar-refractivity contribution in [3.05, 3.63) is 186 Å². The lowest BCUT2D eigenvalue weighted by Gasteiger charge is -2.44. The van der Waals surface area contributed by atoms with Crippen LogP contribution in [0.4, 0.5) is 0 Å². The van der Waals surface area contributed by atoms with E-state index in [-0.39, 0.29) is 18.0 Å². The number of amidine groups is 1. The molecule has 1 aliphatic heterocycles. The first-order valence-corrected chi connectivity index (χ1v) is 18.0. The molecule has 0 fully saturated rings. The third kappa shape index (κ3) is 6.73. The molecule has 0 spiro atoms. The molecule has 1 aromatic heterocycles. The van der Waals surface area contributed by atoms with E-state index in [1.807, 2.05) is 42.5 Å². The quantitative estimate of drug-likeness (QED) is 0.159. The van der Waals surface area contributed by atoms with Gasteiger partial charge in [-0.05, 0) is 52.9 Å². The summed E-state index contributed by atoms with van der Waals surface area (Å²) in [6.07, 6.45) is 0.970. The highest BCUT2D eigenvalue weighted by molar-refractivity contribution is 5.99. The highest BCUT2D eigenvalue weighted by Gasteiger charge is 2.39. The molecule has 0 N–H and O–H groups in total. The number of hydrogen-bond acceptors (Lipinski definition) is 6. The van der Waals surface area contributed by atoms with E-state index in [2.05, 4.69) is 134 Å². The summed E-state index contributed by atoms with van der Waals surface area (Å²) in [4.78, 5) is 22.5. The van der Waals surface area contributed by atoms with Gasteiger partial charge in [-0.1, -0.05) is 146 Å². The van der Waals surface area contributed by atoms with Crippen molar-refractivity contribution in [1.82, 2.24) is 19.9 Å². The molecule has 0 saturated heterocycles. The van der Waals surface area contributed by atoms with Gasteiger partial charge in [-0.3, -0.25) is 4.99 Å². The lowest BCUT2D eigenvalue weighted by atomic mass is 9.77. The maximum absolute atomic E-state index is 9.34. The first-order valence-electron chi connectivity index (χ1n) is 18.0. The Balaban J connectivity index is 1.20. The second kappa shape index (κ2) is 14.9. The molecule has 256 valence electrons. The second-order valence-corrected chi connectivity index (χ2v) is 13.3. The highest BCUT2D eigenvalue weighted by Crippen LogP contribution is 2.47. The average molecular weight is 687 g/mol. The van der Waals surface area contributed by atoms with Gasteiger partial charge in [0.25, 0.3) is 0 Å². The summed E-state index contributed by atoms with van der Waals surface area (Å²) in [6, 6.07) is 58.2. The molecular formula is C47H38N6. The molecule has 0 bridgehead atoms. The highest BCUT2D eigenvalue weighted by atomic mass is 15.2. The molecule has 7 aromatic rings. The van der Waals surface area contributed by atoms with Crippen LogP contribution in [-0.4, -0.2) is 32.7 Å². The summed E-state index contributed by atoms with van der Waals surface area (Å²) in [7, 11) is 2.19. The van der Waals surface area contributed by atoms with Gasteiger partial charge in [-0.25, -0.2) is 15.0 Å². The SMILES string of the molecule is CCC1C(c2ccccc2)N=C(c2ccccc2)N(C)C1c1ccccc1-c1ccc(-c2nc(-c3ccccc3)nc(-c3ccc(C#N)cc3)n2)cc1. The Kier molecular flexibility index (Phi) is 9.38. The van der Waals surface area contributed by atoms with E-state index in [9.17, 15) is 5.26 Å². The minimum absolute atomic E-state index is 0.0148. The predicted molar refractivity (Wildman–Crippen MR) is 213 cm³/mol. The molecule has 0 amide bonds. The third-order valence-electron chi connectivity index (χ3n) is 10.1. The normalized spacial score (nSPS) is 16.8. The number of hydrogen-bond donors (Lipinski definition) is 0. The smallest absolute Gasteiger partial charge is 0.164 e. The topological polar surface area (TPSA) is 78.1 Å². The zero-order chi connectivity index (χ0) is 36.1. The van der Waals surface area contributed by atoms with E-state index in [1.54, 1.807) is 12.1 Å². The van der Waals surface area contributed by atoms with Crippen molar-refractivity contribution in [2.24, 2.45) is 10.9 Å². The Morgan fingerprint density at radius 1 is 0.547 bits per heavy atom. The van der Waals surface area contributed by atoms with Crippen LogP contribution in [0.1, 0.15) is 47.7 Å². The number of benzene rings is 6.